The van der Waals surface area contributed by atoms with E-state index >= 15 is 0 Å². The summed E-state index contributed by atoms with van der Waals surface area (Å²) in [6.07, 6.45) is 3.70. The van der Waals surface area contributed by atoms with Crippen LogP contribution in [-0.2, 0) is 6.42 Å². The van der Waals surface area contributed by atoms with E-state index in [0.717, 1.165) is 36.1 Å². The van der Waals surface area contributed by atoms with Gasteiger partial charge in [-0.2, -0.15) is 5.10 Å². The van der Waals surface area contributed by atoms with E-state index in [1.165, 1.54) is 0 Å². The molecule has 0 saturated heterocycles. The van der Waals surface area contributed by atoms with E-state index in [0.29, 0.717) is 5.46 Å². The standard InChI is InChI=1S/C11H15BN4/c1-16(2)5-3-4-10-9-6-8(12)7-13-11(9)15-14-10/h6-7H,3-5H2,1-2H3,(H,13,14,15). The van der Waals surface area contributed by atoms with Gasteiger partial charge in [-0.3, -0.25) is 5.10 Å². The molecule has 2 heterocycles. The van der Waals surface area contributed by atoms with Crippen molar-refractivity contribution in [2.75, 3.05) is 20.6 Å². The van der Waals surface area contributed by atoms with E-state index in [9.17, 15) is 0 Å². The van der Waals surface area contributed by atoms with Gasteiger partial charge in [0.1, 0.15) is 7.85 Å². The van der Waals surface area contributed by atoms with E-state index in [2.05, 4.69) is 34.2 Å². The van der Waals surface area contributed by atoms with Crippen LogP contribution in [0.1, 0.15) is 12.1 Å². The van der Waals surface area contributed by atoms with Crippen LogP contribution in [0.25, 0.3) is 11.0 Å². The average Bonchev–Trinajstić information content (AvgIpc) is 2.60. The third-order valence-electron chi connectivity index (χ3n) is 2.54. The fourth-order valence-corrected chi connectivity index (χ4v) is 1.73. The van der Waals surface area contributed by atoms with Crippen molar-refractivity contribution in [2.24, 2.45) is 0 Å². The lowest BCUT2D eigenvalue weighted by atomic mass is 9.97. The molecule has 0 bridgehead atoms. The maximum atomic E-state index is 5.72. The molecule has 82 valence electrons. The molecule has 0 aliphatic rings. The quantitative estimate of drug-likeness (QED) is 0.742. The van der Waals surface area contributed by atoms with Crippen LogP contribution in [0.5, 0.6) is 0 Å². The van der Waals surface area contributed by atoms with Gasteiger partial charge in [0.05, 0.1) is 0 Å². The van der Waals surface area contributed by atoms with Gasteiger partial charge >= 0.3 is 0 Å². The number of H-pyrrole nitrogens is 1. The Hall–Kier alpha value is -1.36. The molecule has 0 unspecified atom stereocenters. The van der Waals surface area contributed by atoms with Crippen LogP contribution < -0.4 is 5.46 Å². The summed E-state index contributed by atoms with van der Waals surface area (Å²) < 4.78 is 0. The zero-order chi connectivity index (χ0) is 11.5. The fourth-order valence-electron chi connectivity index (χ4n) is 1.73. The maximum Gasteiger partial charge on any atom is 0.181 e. The molecule has 0 aliphatic carbocycles. The second-order valence-corrected chi connectivity index (χ2v) is 4.25. The zero-order valence-corrected chi connectivity index (χ0v) is 9.70. The molecular formula is C11H15BN4. The van der Waals surface area contributed by atoms with Gasteiger partial charge in [-0.15, -0.1) is 0 Å². The van der Waals surface area contributed by atoms with Crippen LogP contribution in [0.3, 0.4) is 0 Å². The molecule has 5 heteroatoms. The molecular weight excluding hydrogens is 199 g/mol. The molecule has 2 rings (SSSR count). The Kier molecular flexibility index (Phi) is 3.24. The van der Waals surface area contributed by atoms with Crippen molar-refractivity contribution in [3.8, 4) is 0 Å². The number of aromatic nitrogens is 3. The Morgan fingerprint density at radius 2 is 2.25 bits per heavy atom. The molecule has 0 spiro atoms. The maximum absolute atomic E-state index is 5.72. The summed E-state index contributed by atoms with van der Waals surface area (Å²) in [5.74, 6) is 0. The van der Waals surface area contributed by atoms with Crippen molar-refractivity contribution >= 4 is 24.3 Å². The third-order valence-corrected chi connectivity index (χ3v) is 2.54. The third kappa shape index (κ3) is 2.42. The smallest absolute Gasteiger partial charge is 0.181 e. The van der Waals surface area contributed by atoms with Crippen molar-refractivity contribution in [2.45, 2.75) is 12.8 Å². The number of hydrogen-bond donors (Lipinski definition) is 1. The molecule has 4 nitrogen and oxygen atoms in total. The number of rotatable bonds is 4. The summed E-state index contributed by atoms with van der Waals surface area (Å²) in [6, 6.07) is 1.93. The van der Waals surface area contributed by atoms with E-state index in [4.69, 9.17) is 7.85 Å². The van der Waals surface area contributed by atoms with Crippen LogP contribution in [0.4, 0.5) is 0 Å². The number of fused-ring (bicyclic) bond motifs is 1. The Balaban J connectivity index is 2.15. The number of nitrogens with zero attached hydrogens (tertiary/aromatic N) is 3. The highest BCUT2D eigenvalue weighted by atomic mass is 15.1. The van der Waals surface area contributed by atoms with Crippen molar-refractivity contribution in [1.29, 1.82) is 0 Å². The second-order valence-electron chi connectivity index (χ2n) is 4.25. The highest BCUT2D eigenvalue weighted by molar-refractivity contribution is 6.32. The van der Waals surface area contributed by atoms with Crippen molar-refractivity contribution in [3.63, 3.8) is 0 Å². The predicted molar refractivity (Wildman–Crippen MR) is 66.2 cm³/mol. The first-order chi connectivity index (χ1) is 7.66. The van der Waals surface area contributed by atoms with Crippen molar-refractivity contribution in [1.82, 2.24) is 20.1 Å². The minimum Gasteiger partial charge on any atom is -0.309 e. The van der Waals surface area contributed by atoms with E-state index in [1.54, 1.807) is 6.20 Å². The molecule has 0 aliphatic heterocycles. The van der Waals surface area contributed by atoms with Gasteiger partial charge in [0, 0.05) is 17.3 Å². The summed E-state index contributed by atoms with van der Waals surface area (Å²) in [5.41, 5.74) is 2.55. The van der Waals surface area contributed by atoms with E-state index in [1.807, 2.05) is 6.07 Å². The van der Waals surface area contributed by atoms with E-state index < -0.39 is 0 Å². The normalized spacial score (nSPS) is 11.4. The average molecular weight is 214 g/mol. The van der Waals surface area contributed by atoms with Gasteiger partial charge < -0.3 is 4.90 Å². The number of nitrogens with one attached hydrogen (secondary N) is 1. The topological polar surface area (TPSA) is 44.8 Å². The lowest BCUT2D eigenvalue weighted by molar-refractivity contribution is 0.400. The molecule has 1 N–H and O–H groups in total. The van der Waals surface area contributed by atoms with Crippen LogP contribution in [-0.4, -0.2) is 48.6 Å². The van der Waals surface area contributed by atoms with Gasteiger partial charge in [-0.05, 0) is 33.5 Å². The van der Waals surface area contributed by atoms with Crippen LogP contribution >= 0.6 is 0 Å². The van der Waals surface area contributed by atoms with Gasteiger partial charge in [-0.25, -0.2) is 4.98 Å². The Morgan fingerprint density at radius 1 is 1.44 bits per heavy atom. The fraction of sp³-hybridized carbons (Fsp3) is 0.455. The first kappa shape index (κ1) is 11.1. The van der Waals surface area contributed by atoms with E-state index in [-0.39, 0.29) is 0 Å². The summed E-state index contributed by atoms with van der Waals surface area (Å²) >= 11 is 0. The SMILES string of the molecule is [B]c1cnc2n[nH]c(CCCN(C)C)c2c1. The first-order valence-corrected chi connectivity index (χ1v) is 5.40. The molecule has 0 amide bonds. The Bertz CT molecular complexity index is 478. The molecule has 0 saturated carbocycles. The predicted octanol–water partition coefficient (Wildman–Crippen LogP) is 0.246. The number of hydrogen-bond acceptors (Lipinski definition) is 3. The summed E-state index contributed by atoms with van der Waals surface area (Å²) in [4.78, 5) is 6.34. The minimum atomic E-state index is 0.683. The molecule has 16 heavy (non-hydrogen) atoms. The lowest BCUT2D eigenvalue weighted by Gasteiger charge is -2.07. The molecule has 2 radical (unpaired) electrons. The van der Waals surface area contributed by atoms with Gasteiger partial charge in [0.25, 0.3) is 0 Å². The molecule has 0 atom stereocenters. The molecule has 2 aromatic rings. The monoisotopic (exact) mass is 214 g/mol. The highest BCUT2D eigenvalue weighted by Gasteiger charge is 2.06. The zero-order valence-electron chi connectivity index (χ0n) is 9.70. The van der Waals surface area contributed by atoms with Gasteiger partial charge in [0.2, 0.25) is 0 Å². The number of pyridine rings is 1. The highest BCUT2D eigenvalue weighted by Crippen LogP contribution is 2.13. The molecule has 0 fully saturated rings. The Labute approximate surface area is 96.5 Å². The van der Waals surface area contributed by atoms with Crippen LogP contribution in [0.2, 0.25) is 0 Å². The van der Waals surface area contributed by atoms with Crippen LogP contribution in [0.15, 0.2) is 12.3 Å². The lowest BCUT2D eigenvalue weighted by Crippen LogP contribution is -2.13. The van der Waals surface area contributed by atoms with Crippen molar-refractivity contribution < 1.29 is 0 Å². The molecule has 2 aromatic heterocycles. The largest absolute Gasteiger partial charge is 0.309 e. The number of aromatic amines is 1. The second kappa shape index (κ2) is 4.66. The summed E-state index contributed by atoms with van der Waals surface area (Å²) in [7, 11) is 9.86. The molecule has 0 aromatic carbocycles. The Morgan fingerprint density at radius 3 is 3.00 bits per heavy atom. The number of aryl methyl sites for hydroxylation is 1. The summed E-state index contributed by atoms with van der Waals surface area (Å²) in [6.45, 7) is 1.07. The minimum absolute atomic E-state index is 0.683. The summed E-state index contributed by atoms with van der Waals surface area (Å²) in [5, 5.41) is 8.22. The van der Waals surface area contributed by atoms with Crippen LogP contribution in [0, 0.1) is 0 Å². The van der Waals surface area contributed by atoms with Crippen molar-refractivity contribution in [3.05, 3.63) is 18.0 Å². The van der Waals surface area contributed by atoms with Gasteiger partial charge in [0.15, 0.2) is 5.65 Å². The first-order valence-electron chi connectivity index (χ1n) is 5.40. The van der Waals surface area contributed by atoms with Gasteiger partial charge in [-0.1, -0.05) is 11.5 Å².